The van der Waals surface area contributed by atoms with Gasteiger partial charge in [-0.3, -0.25) is 4.68 Å². The van der Waals surface area contributed by atoms with E-state index in [9.17, 15) is 0 Å². The molecule has 4 nitrogen and oxygen atoms in total. The number of hydrogen-bond acceptors (Lipinski definition) is 2. The van der Waals surface area contributed by atoms with Crippen LogP contribution in [0.1, 0.15) is 40.4 Å². The molecule has 0 spiro atoms. The number of hydrogen-bond donors (Lipinski definition) is 1. The minimum absolute atomic E-state index is 0.635. The highest BCUT2D eigenvalue weighted by Crippen LogP contribution is 2.45. The first-order chi connectivity index (χ1) is 12.5. The number of H-pyrrole nitrogens is 1. The number of nitrogens with zero attached hydrogens (tertiary/aromatic N) is 3. The zero-order valence-electron chi connectivity index (χ0n) is 16.2. The molecule has 3 aromatic rings. The van der Waals surface area contributed by atoms with Crippen LogP contribution < -0.4 is 0 Å². The van der Waals surface area contributed by atoms with Crippen LogP contribution in [0.5, 0.6) is 0 Å². The molecule has 0 radical (unpaired) electrons. The van der Waals surface area contributed by atoms with Gasteiger partial charge in [-0.1, -0.05) is 12.1 Å². The maximum atomic E-state index is 4.63. The van der Waals surface area contributed by atoms with Crippen molar-refractivity contribution in [3.63, 3.8) is 0 Å². The molecule has 0 bridgehead atoms. The van der Waals surface area contributed by atoms with Gasteiger partial charge in [0, 0.05) is 48.3 Å². The molecule has 1 N–H and O–H groups in total. The van der Waals surface area contributed by atoms with Gasteiger partial charge < -0.3 is 9.88 Å². The van der Waals surface area contributed by atoms with Gasteiger partial charge in [-0.25, -0.2) is 0 Å². The van der Waals surface area contributed by atoms with E-state index in [-0.39, 0.29) is 0 Å². The molecule has 4 heteroatoms. The molecule has 0 saturated carbocycles. The smallest absolute Gasteiger partial charge is 0.0628 e. The molecule has 2 aromatic heterocycles. The summed E-state index contributed by atoms with van der Waals surface area (Å²) in [6.07, 6.45) is 5.84. The lowest BCUT2D eigenvalue weighted by molar-refractivity contribution is 0.111. The fourth-order valence-electron chi connectivity index (χ4n) is 5.60. The Kier molecular flexibility index (Phi) is 3.54. The Balaban J connectivity index is 1.49. The predicted octanol–water partition coefficient (Wildman–Crippen LogP) is 3.72. The molecule has 1 fully saturated rings. The van der Waals surface area contributed by atoms with Crippen LogP contribution in [0.4, 0.5) is 0 Å². The molecule has 1 aromatic carbocycles. The second kappa shape index (κ2) is 5.71. The second-order valence-corrected chi connectivity index (χ2v) is 8.48. The average molecular weight is 348 g/mol. The van der Waals surface area contributed by atoms with Gasteiger partial charge in [-0.15, -0.1) is 0 Å². The van der Waals surface area contributed by atoms with Gasteiger partial charge in [0.05, 0.1) is 5.69 Å². The van der Waals surface area contributed by atoms with E-state index in [0.29, 0.717) is 17.9 Å². The third kappa shape index (κ3) is 2.28. The van der Waals surface area contributed by atoms with E-state index in [2.05, 4.69) is 67.3 Å². The number of likely N-dealkylation sites (N-methyl/N-ethyl adjacent to an activating group) is 1. The van der Waals surface area contributed by atoms with Gasteiger partial charge in [-0.05, 0) is 68.8 Å². The first-order valence-electron chi connectivity index (χ1n) is 9.81. The van der Waals surface area contributed by atoms with E-state index in [0.717, 1.165) is 6.42 Å². The van der Waals surface area contributed by atoms with Gasteiger partial charge in [-0.2, -0.15) is 5.10 Å². The molecule has 0 unspecified atom stereocenters. The van der Waals surface area contributed by atoms with Gasteiger partial charge in [0.1, 0.15) is 0 Å². The Labute approximate surface area is 155 Å². The highest BCUT2D eigenvalue weighted by atomic mass is 15.3. The van der Waals surface area contributed by atoms with E-state index in [1.54, 1.807) is 5.56 Å². The minimum Gasteiger partial charge on any atom is -0.361 e. The van der Waals surface area contributed by atoms with Crippen molar-refractivity contribution in [2.24, 2.45) is 13.0 Å². The van der Waals surface area contributed by atoms with Gasteiger partial charge >= 0.3 is 0 Å². The minimum atomic E-state index is 0.635. The molecule has 1 saturated heterocycles. The summed E-state index contributed by atoms with van der Waals surface area (Å²) < 4.78 is 2.04. The van der Waals surface area contributed by atoms with E-state index in [1.165, 1.54) is 52.8 Å². The van der Waals surface area contributed by atoms with Crippen LogP contribution in [0.25, 0.3) is 10.9 Å². The number of nitrogens with one attached hydrogen (secondary N) is 1. The van der Waals surface area contributed by atoms with E-state index < -0.39 is 0 Å². The van der Waals surface area contributed by atoms with Crippen molar-refractivity contribution in [3.8, 4) is 0 Å². The third-order valence-electron chi connectivity index (χ3n) is 6.96. The number of fused-ring (bicyclic) bond motifs is 2. The summed E-state index contributed by atoms with van der Waals surface area (Å²) in [5, 5.41) is 6.13. The standard InChI is InChI=1S/C22H28N4/c1-13-18(14(2)26(4)24-13)8-15-9-19-17-6-5-7-20-22(17)16(11-23-20)10-21(19)25(3)12-15/h5-7,11,15,19,21,23H,8-10,12H2,1-4H3/t15-,19-,21-/m1/s1. The fraction of sp³-hybridized carbons (Fsp3) is 0.500. The Morgan fingerprint density at radius 3 is 2.85 bits per heavy atom. The third-order valence-corrected chi connectivity index (χ3v) is 6.96. The van der Waals surface area contributed by atoms with E-state index >= 15 is 0 Å². The molecule has 1 aliphatic carbocycles. The molecule has 0 amide bonds. The molecular formula is C22H28N4. The predicted molar refractivity (Wildman–Crippen MR) is 106 cm³/mol. The highest BCUT2D eigenvalue weighted by molar-refractivity contribution is 5.88. The SMILES string of the molecule is Cc1nn(C)c(C)c1C[C@@H]1C[C@@H]2c3cccc4[nH]cc(c34)C[C@H]2N(C)C1. The van der Waals surface area contributed by atoms with Crippen LogP contribution in [0, 0.1) is 19.8 Å². The zero-order chi connectivity index (χ0) is 18.0. The molecule has 136 valence electrons. The maximum absolute atomic E-state index is 4.63. The summed E-state index contributed by atoms with van der Waals surface area (Å²) in [4.78, 5) is 6.10. The summed E-state index contributed by atoms with van der Waals surface area (Å²) >= 11 is 0. The molecule has 2 aliphatic rings. The number of likely N-dealkylation sites (tertiary alicyclic amines) is 1. The summed E-state index contributed by atoms with van der Waals surface area (Å²) in [7, 11) is 4.38. The monoisotopic (exact) mass is 348 g/mol. The Bertz CT molecular complexity index is 980. The summed E-state index contributed by atoms with van der Waals surface area (Å²) in [6.45, 7) is 5.55. The molecule has 26 heavy (non-hydrogen) atoms. The number of aryl methyl sites for hydroxylation is 2. The molecule has 1 aliphatic heterocycles. The topological polar surface area (TPSA) is 36.9 Å². The largest absolute Gasteiger partial charge is 0.361 e. The van der Waals surface area contributed by atoms with Crippen molar-refractivity contribution >= 4 is 10.9 Å². The van der Waals surface area contributed by atoms with Crippen LogP contribution >= 0.6 is 0 Å². The van der Waals surface area contributed by atoms with Crippen LogP contribution in [-0.2, 0) is 19.9 Å². The lowest BCUT2D eigenvalue weighted by Gasteiger charge is -2.45. The van der Waals surface area contributed by atoms with Gasteiger partial charge in [0.2, 0.25) is 0 Å². The van der Waals surface area contributed by atoms with Crippen molar-refractivity contribution in [1.29, 1.82) is 0 Å². The summed E-state index contributed by atoms with van der Waals surface area (Å²) in [5.74, 6) is 1.33. The Hall–Kier alpha value is -2.07. The summed E-state index contributed by atoms with van der Waals surface area (Å²) in [6, 6.07) is 7.44. The van der Waals surface area contributed by atoms with E-state index in [1.807, 2.05) is 4.68 Å². The zero-order valence-corrected chi connectivity index (χ0v) is 16.2. The van der Waals surface area contributed by atoms with Gasteiger partial charge in [0.25, 0.3) is 0 Å². The lowest BCUT2D eigenvalue weighted by Crippen LogP contribution is -2.48. The fourth-order valence-corrected chi connectivity index (χ4v) is 5.60. The highest BCUT2D eigenvalue weighted by Gasteiger charge is 2.39. The maximum Gasteiger partial charge on any atom is 0.0628 e. The van der Waals surface area contributed by atoms with Crippen molar-refractivity contribution in [2.45, 2.75) is 45.1 Å². The van der Waals surface area contributed by atoms with E-state index in [4.69, 9.17) is 0 Å². The molecule has 5 rings (SSSR count). The number of benzene rings is 1. The summed E-state index contributed by atoms with van der Waals surface area (Å²) in [5.41, 5.74) is 8.35. The van der Waals surface area contributed by atoms with Crippen LogP contribution in [0.15, 0.2) is 24.4 Å². The van der Waals surface area contributed by atoms with Crippen molar-refractivity contribution in [1.82, 2.24) is 19.7 Å². The van der Waals surface area contributed by atoms with Crippen LogP contribution in [0.2, 0.25) is 0 Å². The second-order valence-electron chi connectivity index (χ2n) is 8.48. The first kappa shape index (κ1) is 16.1. The lowest BCUT2D eigenvalue weighted by atomic mass is 9.71. The van der Waals surface area contributed by atoms with Crippen molar-refractivity contribution < 1.29 is 0 Å². The van der Waals surface area contributed by atoms with Crippen LogP contribution in [-0.4, -0.2) is 39.3 Å². The molecule has 3 heterocycles. The Morgan fingerprint density at radius 2 is 2.08 bits per heavy atom. The van der Waals surface area contributed by atoms with Crippen molar-refractivity contribution in [3.05, 3.63) is 52.5 Å². The quantitative estimate of drug-likeness (QED) is 0.766. The molecule has 3 atom stereocenters. The number of piperidine rings is 1. The average Bonchev–Trinajstić information content (AvgIpc) is 3.14. The normalized spacial score (nSPS) is 25.6. The molecular weight excluding hydrogens is 320 g/mol. The van der Waals surface area contributed by atoms with Gasteiger partial charge in [0.15, 0.2) is 0 Å². The number of rotatable bonds is 2. The van der Waals surface area contributed by atoms with Crippen molar-refractivity contribution in [2.75, 3.05) is 13.6 Å². The number of aromatic amines is 1. The first-order valence-corrected chi connectivity index (χ1v) is 9.81. The van der Waals surface area contributed by atoms with Crippen LogP contribution in [0.3, 0.4) is 0 Å². The number of aromatic nitrogens is 3. The Morgan fingerprint density at radius 1 is 1.23 bits per heavy atom.